The fourth-order valence-corrected chi connectivity index (χ4v) is 2.56. The number of halogens is 1. The Bertz CT molecular complexity index is 437. The van der Waals surface area contributed by atoms with E-state index in [1.54, 1.807) is 0 Å². The lowest BCUT2D eigenvalue weighted by Crippen LogP contribution is -2.15. The summed E-state index contributed by atoms with van der Waals surface area (Å²) >= 11 is 3.52. The molecule has 0 saturated carbocycles. The van der Waals surface area contributed by atoms with Gasteiger partial charge >= 0.3 is 5.97 Å². The number of aliphatic carboxylic acids is 1. The smallest absolute Gasteiger partial charge is 0.306 e. The minimum atomic E-state index is -0.678. The van der Waals surface area contributed by atoms with Crippen LogP contribution in [0.15, 0.2) is 34.8 Å². The third-order valence-corrected chi connectivity index (χ3v) is 3.67. The molecule has 0 radical (unpaired) electrons. The number of allylic oxidation sites excluding steroid dienone is 2. The quantitative estimate of drug-likeness (QED) is 0.897. The van der Waals surface area contributed by atoms with Gasteiger partial charge in [-0.15, -0.1) is 0 Å². The van der Waals surface area contributed by atoms with Gasteiger partial charge in [0.1, 0.15) is 0 Å². The van der Waals surface area contributed by atoms with Crippen LogP contribution in [0, 0.1) is 5.92 Å². The normalized spacial score (nSPS) is 20.3. The van der Waals surface area contributed by atoms with Crippen LogP contribution in [0.5, 0.6) is 0 Å². The molecule has 1 atom stereocenters. The largest absolute Gasteiger partial charge is 0.481 e. The van der Waals surface area contributed by atoms with Gasteiger partial charge < -0.3 is 5.11 Å². The molecule has 0 heterocycles. The first-order chi connectivity index (χ1) is 7.68. The lowest BCUT2D eigenvalue weighted by Gasteiger charge is -2.19. The summed E-state index contributed by atoms with van der Waals surface area (Å²) in [4.78, 5) is 10.8. The summed E-state index contributed by atoms with van der Waals surface area (Å²) in [5.74, 6) is -0.881. The van der Waals surface area contributed by atoms with Crippen molar-refractivity contribution >= 4 is 27.5 Å². The molecule has 1 aromatic rings. The van der Waals surface area contributed by atoms with Crippen LogP contribution >= 0.6 is 15.9 Å². The Hall–Kier alpha value is -1.09. The van der Waals surface area contributed by atoms with Gasteiger partial charge in [0.25, 0.3) is 0 Å². The molecular weight excluding hydrogens is 268 g/mol. The molecule has 0 aromatic heterocycles. The van der Waals surface area contributed by atoms with Crippen LogP contribution in [0.25, 0.3) is 5.57 Å². The van der Waals surface area contributed by atoms with Gasteiger partial charge in [-0.2, -0.15) is 0 Å². The van der Waals surface area contributed by atoms with Crippen molar-refractivity contribution < 1.29 is 9.90 Å². The molecular formula is C13H13BrO2. The van der Waals surface area contributed by atoms with E-state index in [0.717, 1.165) is 17.3 Å². The van der Waals surface area contributed by atoms with E-state index in [1.807, 2.05) is 18.2 Å². The van der Waals surface area contributed by atoms with Gasteiger partial charge in [-0.1, -0.05) is 40.2 Å². The zero-order valence-corrected chi connectivity index (χ0v) is 10.4. The second-order valence-corrected chi connectivity index (χ2v) is 4.87. The van der Waals surface area contributed by atoms with Gasteiger partial charge in [-0.25, -0.2) is 0 Å². The van der Waals surface area contributed by atoms with E-state index >= 15 is 0 Å². The van der Waals surface area contributed by atoms with E-state index in [1.165, 1.54) is 11.1 Å². The Balaban J connectivity index is 2.19. The van der Waals surface area contributed by atoms with Crippen LogP contribution in [0.3, 0.4) is 0 Å². The third kappa shape index (κ3) is 2.35. The molecule has 1 unspecified atom stereocenters. The first-order valence-electron chi connectivity index (χ1n) is 5.35. The molecule has 1 aliphatic rings. The molecule has 0 aliphatic heterocycles. The van der Waals surface area contributed by atoms with Gasteiger partial charge in [0, 0.05) is 4.47 Å². The summed E-state index contributed by atoms with van der Waals surface area (Å²) in [7, 11) is 0. The number of carbonyl (C=O) groups is 1. The molecule has 0 saturated heterocycles. The standard InChI is InChI=1S/C13H13BrO2/c14-12-4-2-1-3-11(12)9-5-7-10(8-6-9)13(15)16/h1-5,10H,6-8H2,(H,15,16). The summed E-state index contributed by atoms with van der Waals surface area (Å²) in [6.07, 6.45) is 4.29. The zero-order valence-electron chi connectivity index (χ0n) is 8.82. The van der Waals surface area contributed by atoms with Crippen molar-refractivity contribution in [3.8, 4) is 0 Å². The number of hydrogen-bond donors (Lipinski definition) is 1. The molecule has 1 N–H and O–H groups in total. The lowest BCUT2D eigenvalue weighted by atomic mass is 9.87. The molecule has 2 nitrogen and oxygen atoms in total. The second kappa shape index (κ2) is 4.83. The maximum absolute atomic E-state index is 10.8. The molecule has 1 aromatic carbocycles. The molecule has 2 rings (SSSR count). The van der Waals surface area contributed by atoms with E-state index < -0.39 is 5.97 Å². The van der Waals surface area contributed by atoms with Crippen molar-refractivity contribution in [2.24, 2.45) is 5.92 Å². The van der Waals surface area contributed by atoms with Crippen molar-refractivity contribution in [3.05, 3.63) is 40.4 Å². The average molecular weight is 281 g/mol. The zero-order chi connectivity index (χ0) is 11.5. The second-order valence-electron chi connectivity index (χ2n) is 4.02. The highest BCUT2D eigenvalue weighted by Gasteiger charge is 2.21. The first kappa shape index (κ1) is 11.4. The Kier molecular flexibility index (Phi) is 3.44. The summed E-state index contributed by atoms with van der Waals surface area (Å²) in [5, 5.41) is 8.91. The van der Waals surface area contributed by atoms with Crippen molar-refractivity contribution in [2.75, 3.05) is 0 Å². The number of carboxylic acids is 1. The molecule has 16 heavy (non-hydrogen) atoms. The highest BCUT2D eigenvalue weighted by molar-refractivity contribution is 9.10. The summed E-state index contributed by atoms with van der Waals surface area (Å²) in [5.41, 5.74) is 2.44. The predicted octanol–water partition coefficient (Wildman–Crippen LogP) is 3.72. The maximum Gasteiger partial charge on any atom is 0.306 e. The van der Waals surface area contributed by atoms with Gasteiger partial charge in [-0.3, -0.25) is 4.79 Å². The molecule has 1 aliphatic carbocycles. The van der Waals surface area contributed by atoms with Crippen LogP contribution < -0.4 is 0 Å². The lowest BCUT2D eigenvalue weighted by molar-refractivity contribution is -0.141. The van der Waals surface area contributed by atoms with Crippen molar-refractivity contribution in [2.45, 2.75) is 19.3 Å². The fraction of sp³-hybridized carbons (Fsp3) is 0.308. The number of benzene rings is 1. The Labute approximate surface area is 103 Å². The van der Waals surface area contributed by atoms with E-state index in [-0.39, 0.29) is 5.92 Å². The summed E-state index contributed by atoms with van der Waals surface area (Å²) < 4.78 is 1.08. The Morgan fingerprint density at radius 2 is 2.12 bits per heavy atom. The third-order valence-electron chi connectivity index (χ3n) is 2.98. The molecule has 84 valence electrons. The maximum atomic E-state index is 10.8. The van der Waals surface area contributed by atoms with Crippen molar-refractivity contribution in [3.63, 3.8) is 0 Å². The Morgan fingerprint density at radius 1 is 1.38 bits per heavy atom. The highest BCUT2D eigenvalue weighted by Crippen LogP contribution is 2.33. The minimum absolute atomic E-state index is 0.203. The number of carboxylic acid groups (broad SMARTS) is 1. The number of hydrogen-bond acceptors (Lipinski definition) is 1. The van der Waals surface area contributed by atoms with Gasteiger partial charge in [-0.05, 0) is 36.5 Å². The SMILES string of the molecule is O=C(O)C1CC=C(c2ccccc2Br)CC1. The molecule has 3 heteroatoms. The van der Waals surface area contributed by atoms with Crippen LogP contribution in [0.1, 0.15) is 24.8 Å². The van der Waals surface area contributed by atoms with Crippen LogP contribution in [0.4, 0.5) is 0 Å². The summed E-state index contributed by atoms with van der Waals surface area (Å²) in [6.45, 7) is 0. The topological polar surface area (TPSA) is 37.3 Å². The summed E-state index contributed by atoms with van der Waals surface area (Å²) in [6, 6.07) is 8.07. The molecule has 0 spiro atoms. The van der Waals surface area contributed by atoms with E-state index in [0.29, 0.717) is 6.42 Å². The van der Waals surface area contributed by atoms with Crippen LogP contribution in [-0.4, -0.2) is 11.1 Å². The predicted molar refractivity (Wildman–Crippen MR) is 67.1 cm³/mol. The van der Waals surface area contributed by atoms with Gasteiger partial charge in [0.05, 0.1) is 5.92 Å². The van der Waals surface area contributed by atoms with Crippen molar-refractivity contribution in [1.82, 2.24) is 0 Å². The first-order valence-corrected chi connectivity index (χ1v) is 6.14. The highest BCUT2D eigenvalue weighted by atomic mass is 79.9. The number of rotatable bonds is 2. The molecule has 0 bridgehead atoms. The van der Waals surface area contributed by atoms with Crippen LogP contribution in [-0.2, 0) is 4.79 Å². The minimum Gasteiger partial charge on any atom is -0.481 e. The van der Waals surface area contributed by atoms with Gasteiger partial charge in [0.15, 0.2) is 0 Å². The molecule has 0 amide bonds. The molecule has 0 fully saturated rings. The van der Waals surface area contributed by atoms with E-state index in [9.17, 15) is 4.79 Å². The van der Waals surface area contributed by atoms with Gasteiger partial charge in [0.2, 0.25) is 0 Å². The van der Waals surface area contributed by atoms with Crippen molar-refractivity contribution in [1.29, 1.82) is 0 Å². The Morgan fingerprint density at radius 3 is 2.69 bits per heavy atom. The van der Waals surface area contributed by atoms with E-state index in [4.69, 9.17) is 5.11 Å². The monoisotopic (exact) mass is 280 g/mol. The van der Waals surface area contributed by atoms with E-state index in [2.05, 4.69) is 28.1 Å². The average Bonchev–Trinajstić information content (AvgIpc) is 2.30. The van der Waals surface area contributed by atoms with Crippen LogP contribution in [0.2, 0.25) is 0 Å². The fourth-order valence-electron chi connectivity index (χ4n) is 2.02.